The molecule has 124 valence electrons. The molecule has 0 atom stereocenters. The Kier molecular flexibility index (Phi) is 5.45. The third-order valence-electron chi connectivity index (χ3n) is 4.35. The van der Waals surface area contributed by atoms with Crippen molar-refractivity contribution in [2.24, 2.45) is 5.41 Å². The summed E-state index contributed by atoms with van der Waals surface area (Å²) in [6.07, 6.45) is 11.2. The summed E-state index contributed by atoms with van der Waals surface area (Å²) in [6.45, 7) is 4.10. The van der Waals surface area contributed by atoms with Crippen LogP contribution in [-0.2, 0) is 16.5 Å². The molecule has 0 unspecified atom stereocenters. The zero-order valence-electron chi connectivity index (χ0n) is 13.3. The van der Waals surface area contributed by atoms with E-state index in [9.17, 15) is 8.42 Å². The first kappa shape index (κ1) is 17.2. The maximum Gasteiger partial charge on any atom is 0.264 e. The largest absolute Gasteiger partial charge is 0.442 e. The summed E-state index contributed by atoms with van der Waals surface area (Å²) in [4.78, 5) is 4.41. The van der Waals surface area contributed by atoms with Crippen molar-refractivity contribution in [3.8, 4) is 0 Å². The fraction of sp³-hybridized carbons (Fsp3) is 0.688. The minimum atomic E-state index is -3.91. The summed E-state index contributed by atoms with van der Waals surface area (Å²) < 4.78 is 35.8. The second kappa shape index (κ2) is 6.96. The Morgan fingerprint density at radius 2 is 2.00 bits per heavy atom. The maximum absolute atomic E-state index is 10.7. The third kappa shape index (κ3) is 5.25. The quantitative estimate of drug-likeness (QED) is 0.804. The second-order valence-electron chi connectivity index (χ2n) is 6.49. The molecule has 1 aromatic heterocycles. The van der Waals surface area contributed by atoms with Crippen molar-refractivity contribution in [1.82, 2.24) is 4.98 Å². The zero-order chi connectivity index (χ0) is 16.2. The van der Waals surface area contributed by atoms with E-state index in [-0.39, 0.29) is 11.2 Å². The molecule has 0 radical (unpaired) electrons. The molecule has 1 fully saturated rings. The number of hydrogen-bond donors (Lipinski definition) is 1. The van der Waals surface area contributed by atoms with Crippen LogP contribution in [-0.4, -0.2) is 23.7 Å². The van der Waals surface area contributed by atoms with E-state index in [1.165, 1.54) is 32.1 Å². The van der Waals surface area contributed by atoms with E-state index < -0.39 is 10.1 Å². The summed E-state index contributed by atoms with van der Waals surface area (Å²) >= 11 is 0. The number of aryl methyl sites for hydroxylation is 2. The van der Waals surface area contributed by atoms with Crippen LogP contribution in [0, 0.1) is 12.3 Å². The van der Waals surface area contributed by atoms with Crippen molar-refractivity contribution in [3.63, 3.8) is 0 Å². The van der Waals surface area contributed by atoms with Gasteiger partial charge in [0, 0.05) is 0 Å². The van der Waals surface area contributed by atoms with Gasteiger partial charge in [-0.05, 0) is 44.1 Å². The Labute approximate surface area is 132 Å². The van der Waals surface area contributed by atoms with Gasteiger partial charge in [-0.3, -0.25) is 4.55 Å². The molecule has 1 aliphatic rings. The lowest BCUT2D eigenvalue weighted by Gasteiger charge is -2.30. The summed E-state index contributed by atoms with van der Waals surface area (Å²) in [5.41, 5.74) is 0.989. The Balaban J connectivity index is 1.97. The Morgan fingerprint density at radius 3 is 2.64 bits per heavy atom. The summed E-state index contributed by atoms with van der Waals surface area (Å²) in [5.74, 6) is 1.04. The highest BCUT2D eigenvalue weighted by Gasteiger charge is 2.23. The number of nitrogens with zero attached hydrogens (tertiary/aromatic N) is 1. The zero-order valence-corrected chi connectivity index (χ0v) is 14.2. The van der Waals surface area contributed by atoms with Crippen LogP contribution in [0.15, 0.2) is 10.5 Å². The summed E-state index contributed by atoms with van der Waals surface area (Å²) in [6, 6.07) is 0. The lowest BCUT2D eigenvalue weighted by molar-refractivity contribution is 0.287. The van der Waals surface area contributed by atoms with Crippen LogP contribution >= 0.6 is 0 Å². The molecule has 22 heavy (non-hydrogen) atoms. The molecule has 0 spiro atoms. The summed E-state index contributed by atoms with van der Waals surface area (Å²) in [7, 11) is -3.91. The van der Waals surface area contributed by atoms with Crippen molar-refractivity contribution in [1.29, 1.82) is 0 Å². The lowest BCUT2D eigenvalue weighted by atomic mass is 9.75. The molecule has 0 aliphatic heterocycles. The first-order valence-corrected chi connectivity index (χ1v) is 9.49. The SMILES string of the molecule is Cc1oc(/C=C/C2(C)CCCCC2)nc1CCCS(=O)(=O)O. The van der Waals surface area contributed by atoms with Crippen LogP contribution in [0.4, 0.5) is 0 Å². The fourth-order valence-electron chi connectivity index (χ4n) is 2.97. The van der Waals surface area contributed by atoms with E-state index >= 15 is 0 Å². The van der Waals surface area contributed by atoms with Crippen molar-refractivity contribution in [3.05, 3.63) is 23.4 Å². The number of rotatable bonds is 6. The average molecular weight is 327 g/mol. The molecule has 1 N–H and O–H groups in total. The number of hydrogen-bond acceptors (Lipinski definition) is 4. The van der Waals surface area contributed by atoms with Crippen LogP contribution in [0.25, 0.3) is 6.08 Å². The van der Waals surface area contributed by atoms with Gasteiger partial charge in [-0.1, -0.05) is 32.3 Å². The van der Waals surface area contributed by atoms with Crippen molar-refractivity contribution in [2.75, 3.05) is 5.75 Å². The van der Waals surface area contributed by atoms with E-state index in [1.54, 1.807) is 0 Å². The van der Waals surface area contributed by atoms with Gasteiger partial charge >= 0.3 is 0 Å². The fourth-order valence-corrected chi connectivity index (χ4v) is 3.48. The third-order valence-corrected chi connectivity index (χ3v) is 5.15. The minimum absolute atomic E-state index is 0.228. The van der Waals surface area contributed by atoms with E-state index in [1.807, 2.05) is 13.0 Å². The molecule has 1 heterocycles. The highest BCUT2D eigenvalue weighted by Crippen LogP contribution is 2.37. The topological polar surface area (TPSA) is 80.4 Å². The predicted octanol–water partition coefficient (Wildman–Crippen LogP) is 3.79. The molecule has 1 aromatic rings. The van der Waals surface area contributed by atoms with Gasteiger partial charge in [0.2, 0.25) is 5.89 Å². The first-order chi connectivity index (χ1) is 10.3. The van der Waals surface area contributed by atoms with Gasteiger partial charge in [-0.2, -0.15) is 8.42 Å². The molecular formula is C16H25NO4S. The molecule has 0 amide bonds. The van der Waals surface area contributed by atoms with Gasteiger partial charge in [0.15, 0.2) is 0 Å². The molecule has 0 saturated heterocycles. The predicted molar refractivity (Wildman–Crippen MR) is 86.2 cm³/mol. The Hall–Kier alpha value is -1.14. The molecule has 0 aromatic carbocycles. The monoisotopic (exact) mass is 327 g/mol. The smallest absolute Gasteiger partial charge is 0.264 e. The van der Waals surface area contributed by atoms with E-state index in [0.29, 0.717) is 24.5 Å². The standard InChI is InChI=1S/C16H25NO4S/c1-13-14(7-6-12-22(18,19)20)17-15(21-13)8-11-16(2)9-4-3-5-10-16/h8,11H,3-7,9-10,12H2,1-2H3,(H,18,19,20)/b11-8+. The van der Waals surface area contributed by atoms with Crippen molar-refractivity contribution in [2.45, 2.75) is 58.8 Å². The summed E-state index contributed by atoms with van der Waals surface area (Å²) in [5, 5.41) is 0. The van der Waals surface area contributed by atoms with Gasteiger partial charge < -0.3 is 4.42 Å². The van der Waals surface area contributed by atoms with Crippen LogP contribution < -0.4 is 0 Å². The average Bonchev–Trinajstić information content (AvgIpc) is 2.77. The molecule has 0 bridgehead atoms. The first-order valence-electron chi connectivity index (χ1n) is 7.88. The van der Waals surface area contributed by atoms with Gasteiger partial charge in [0.1, 0.15) is 5.76 Å². The van der Waals surface area contributed by atoms with Crippen LogP contribution in [0.5, 0.6) is 0 Å². The van der Waals surface area contributed by atoms with Gasteiger partial charge in [0.05, 0.1) is 11.4 Å². The molecular weight excluding hydrogens is 302 g/mol. The van der Waals surface area contributed by atoms with Crippen LogP contribution in [0.2, 0.25) is 0 Å². The minimum Gasteiger partial charge on any atom is -0.442 e. The number of oxazole rings is 1. The molecule has 6 heteroatoms. The second-order valence-corrected chi connectivity index (χ2v) is 8.06. The number of aromatic nitrogens is 1. The van der Waals surface area contributed by atoms with Crippen LogP contribution in [0.1, 0.15) is 62.8 Å². The maximum atomic E-state index is 10.7. The normalized spacial score (nSPS) is 18.9. The van der Waals surface area contributed by atoms with Crippen molar-refractivity contribution >= 4 is 16.2 Å². The van der Waals surface area contributed by atoms with Gasteiger partial charge in [-0.15, -0.1) is 0 Å². The highest BCUT2D eigenvalue weighted by atomic mass is 32.2. The molecule has 1 saturated carbocycles. The molecule has 5 nitrogen and oxygen atoms in total. The van der Waals surface area contributed by atoms with E-state index in [4.69, 9.17) is 8.97 Å². The van der Waals surface area contributed by atoms with Crippen molar-refractivity contribution < 1.29 is 17.4 Å². The molecule has 1 aliphatic carbocycles. The lowest BCUT2D eigenvalue weighted by Crippen LogP contribution is -2.16. The Morgan fingerprint density at radius 1 is 1.32 bits per heavy atom. The van der Waals surface area contributed by atoms with Gasteiger partial charge in [0.25, 0.3) is 10.1 Å². The molecule has 2 rings (SSSR count). The highest BCUT2D eigenvalue weighted by molar-refractivity contribution is 7.85. The Bertz CT molecular complexity index is 625. The number of allylic oxidation sites excluding steroid dienone is 1. The van der Waals surface area contributed by atoms with Gasteiger partial charge in [-0.25, -0.2) is 4.98 Å². The van der Waals surface area contributed by atoms with Crippen LogP contribution in [0.3, 0.4) is 0 Å². The van der Waals surface area contributed by atoms with E-state index in [2.05, 4.69) is 18.0 Å². The van der Waals surface area contributed by atoms with E-state index in [0.717, 1.165) is 5.69 Å².